The summed E-state index contributed by atoms with van der Waals surface area (Å²) < 4.78 is 27.9. The lowest BCUT2D eigenvalue weighted by molar-refractivity contribution is 0.417. The summed E-state index contributed by atoms with van der Waals surface area (Å²) in [5.41, 5.74) is 7.89. The number of benzene rings is 2. The third kappa shape index (κ3) is 3.21. The molecule has 0 aliphatic heterocycles. The van der Waals surface area contributed by atoms with E-state index in [4.69, 9.17) is 10.5 Å². The molecule has 2 aromatic rings. The number of rotatable bonds is 4. The number of sulfone groups is 1. The van der Waals surface area contributed by atoms with Gasteiger partial charge in [0.1, 0.15) is 5.75 Å². The van der Waals surface area contributed by atoms with E-state index in [0.29, 0.717) is 11.4 Å². The normalized spacial score (nSPS) is 11.1. The van der Waals surface area contributed by atoms with Crippen LogP contribution in [0.4, 0.5) is 17.1 Å². The zero-order valence-electron chi connectivity index (χ0n) is 11.3. The molecule has 5 nitrogen and oxygen atoms in total. The Balaban J connectivity index is 2.22. The third-order valence-electron chi connectivity index (χ3n) is 2.80. The van der Waals surface area contributed by atoms with Crippen molar-refractivity contribution in [1.29, 1.82) is 0 Å². The second-order valence-corrected chi connectivity index (χ2v) is 6.39. The van der Waals surface area contributed by atoms with Crippen LogP contribution in [-0.4, -0.2) is 21.8 Å². The molecule has 2 rings (SSSR count). The molecule has 0 aliphatic carbocycles. The van der Waals surface area contributed by atoms with E-state index in [-0.39, 0.29) is 4.90 Å². The summed E-state index contributed by atoms with van der Waals surface area (Å²) in [4.78, 5) is 0.290. The minimum absolute atomic E-state index is 0.290. The van der Waals surface area contributed by atoms with Crippen LogP contribution in [0.5, 0.6) is 5.75 Å². The molecule has 0 bridgehead atoms. The van der Waals surface area contributed by atoms with Gasteiger partial charge in [-0.15, -0.1) is 0 Å². The average molecular weight is 292 g/mol. The molecule has 0 spiro atoms. The van der Waals surface area contributed by atoms with Gasteiger partial charge in [0.25, 0.3) is 0 Å². The van der Waals surface area contributed by atoms with E-state index in [1.165, 1.54) is 6.26 Å². The summed E-state index contributed by atoms with van der Waals surface area (Å²) in [6.07, 6.45) is 1.18. The summed E-state index contributed by atoms with van der Waals surface area (Å²) in [6, 6.07) is 11.9. The van der Waals surface area contributed by atoms with E-state index in [1.54, 1.807) is 43.5 Å². The van der Waals surface area contributed by atoms with Gasteiger partial charge < -0.3 is 15.8 Å². The molecule has 2 aromatic carbocycles. The lowest BCUT2D eigenvalue weighted by Gasteiger charge is -2.10. The van der Waals surface area contributed by atoms with Crippen LogP contribution in [0.25, 0.3) is 0 Å². The van der Waals surface area contributed by atoms with E-state index >= 15 is 0 Å². The van der Waals surface area contributed by atoms with Gasteiger partial charge in [-0.25, -0.2) is 8.42 Å². The Labute approximate surface area is 118 Å². The highest BCUT2D eigenvalue weighted by atomic mass is 32.2. The number of hydrogen-bond acceptors (Lipinski definition) is 5. The molecule has 20 heavy (non-hydrogen) atoms. The molecule has 106 valence electrons. The molecular weight excluding hydrogens is 276 g/mol. The SMILES string of the molecule is COc1cc(Nc2ccc(S(C)(=O)=O)cc2)ccc1N. The van der Waals surface area contributed by atoms with Crippen LogP contribution in [0.15, 0.2) is 47.4 Å². The Kier molecular flexibility index (Phi) is 3.85. The van der Waals surface area contributed by atoms with Crippen molar-refractivity contribution in [2.24, 2.45) is 0 Å². The van der Waals surface area contributed by atoms with Gasteiger partial charge in [-0.1, -0.05) is 0 Å². The Morgan fingerprint density at radius 3 is 2.20 bits per heavy atom. The monoisotopic (exact) mass is 292 g/mol. The lowest BCUT2D eigenvalue weighted by atomic mass is 10.2. The van der Waals surface area contributed by atoms with E-state index in [9.17, 15) is 8.42 Å². The average Bonchev–Trinajstić information content (AvgIpc) is 2.40. The van der Waals surface area contributed by atoms with Crippen LogP contribution >= 0.6 is 0 Å². The fourth-order valence-corrected chi connectivity index (χ4v) is 2.37. The standard InChI is InChI=1S/C14H16N2O3S/c1-19-14-9-11(5-8-13(14)15)16-10-3-6-12(7-4-10)20(2,17)18/h3-9,16H,15H2,1-2H3. The van der Waals surface area contributed by atoms with Gasteiger partial charge in [-0.3, -0.25) is 0 Å². The van der Waals surface area contributed by atoms with Crippen molar-refractivity contribution in [2.75, 3.05) is 24.4 Å². The highest BCUT2D eigenvalue weighted by Gasteiger charge is 2.06. The fourth-order valence-electron chi connectivity index (χ4n) is 1.74. The van der Waals surface area contributed by atoms with Crippen LogP contribution in [0, 0.1) is 0 Å². The molecule has 6 heteroatoms. The maximum atomic E-state index is 11.4. The first-order chi connectivity index (χ1) is 9.40. The predicted octanol–water partition coefficient (Wildman–Crippen LogP) is 2.42. The van der Waals surface area contributed by atoms with E-state index in [1.807, 2.05) is 6.07 Å². The minimum atomic E-state index is -3.17. The van der Waals surface area contributed by atoms with Crippen molar-refractivity contribution in [3.8, 4) is 5.75 Å². The molecular formula is C14H16N2O3S. The maximum absolute atomic E-state index is 11.4. The molecule has 0 fully saturated rings. The fraction of sp³-hybridized carbons (Fsp3) is 0.143. The number of methoxy groups -OCH3 is 1. The molecule has 0 saturated heterocycles. The molecule has 0 unspecified atom stereocenters. The number of nitrogen functional groups attached to an aromatic ring is 1. The van der Waals surface area contributed by atoms with Crippen LogP contribution in [0.1, 0.15) is 0 Å². The van der Waals surface area contributed by atoms with E-state index < -0.39 is 9.84 Å². The van der Waals surface area contributed by atoms with Crippen LogP contribution in [-0.2, 0) is 9.84 Å². The van der Waals surface area contributed by atoms with Crippen molar-refractivity contribution in [1.82, 2.24) is 0 Å². The third-order valence-corrected chi connectivity index (χ3v) is 3.93. The van der Waals surface area contributed by atoms with Gasteiger partial charge in [0.05, 0.1) is 17.7 Å². The molecule has 0 radical (unpaired) electrons. The quantitative estimate of drug-likeness (QED) is 0.846. The minimum Gasteiger partial charge on any atom is -0.495 e. The van der Waals surface area contributed by atoms with Crippen LogP contribution in [0.3, 0.4) is 0 Å². The molecule has 0 aliphatic rings. The Morgan fingerprint density at radius 2 is 1.65 bits per heavy atom. The first kappa shape index (κ1) is 14.2. The maximum Gasteiger partial charge on any atom is 0.175 e. The first-order valence-electron chi connectivity index (χ1n) is 5.91. The highest BCUT2D eigenvalue weighted by Crippen LogP contribution is 2.27. The molecule has 0 heterocycles. The van der Waals surface area contributed by atoms with Crippen molar-refractivity contribution in [3.05, 3.63) is 42.5 Å². The number of ether oxygens (including phenoxy) is 1. The van der Waals surface area contributed by atoms with Crippen LogP contribution < -0.4 is 15.8 Å². The van der Waals surface area contributed by atoms with Gasteiger partial charge in [-0.2, -0.15) is 0 Å². The van der Waals surface area contributed by atoms with Crippen molar-refractivity contribution in [3.63, 3.8) is 0 Å². The summed E-state index contributed by atoms with van der Waals surface area (Å²) in [6.45, 7) is 0. The number of anilines is 3. The molecule has 0 amide bonds. The van der Waals surface area contributed by atoms with Gasteiger partial charge in [0.2, 0.25) is 0 Å². The summed E-state index contributed by atoms with van der Waals surface area (Å²) in [7, 11) is -1.62. The molecule has 3 N–H and O–H groups in total. The zero-order chi connectivity index (χ0) is 14.8. The van der Waals surface area contributed by atoms with Crippen molar-refractivity contribution in [2.45, 2.75) is 4.90 Å². The van der Waals surface area contributed by atoms with E-state index in [2.05, 4.69) is 5.32 Å². The second kappa shape index (κ2) is 5.42. The van der Waals surface area contributed by atoms with Crippen LogP contribution in [0.2, 0.25) is 0 Å². The Morgan fingerprint density at radius 1 is 1.05 bits per heavy atom. The lowest BCUT2D eigenvalue weighted by Crippen LogP contribution is -1.98. The first-order valence-corrected chi connectivity index (χ1v) is 7.80. The molecule has 0 saturated carbocycles. The van der Waals surface area contributed by atoms with Crippen molar-refractivity contribution >= 4 is 26.9 Å². The van der Waals surface area contributed by atoms with Crippen molar-refractivity contribution < 1.29 is 13.2 Å². The zero-order valence-corrected chi connectivity index (χ0v) is 12.1. The summed E-state index contributed by atoms with van der Waals surface area (Å²) in [5, 5.41) is 3.15. The number of nitrogens with two attached hydrogens (primary N) is 1. The highest BCUT2D eigenvalue weighted by molar-refractivity contribution is 7.90. The predicted molar refractivity (Wildman–Crippen MR) is 80.2 cm³/mol. The number of hydrogen-bond donors (Lipinski definition) is 2. The topological polar surface area (TPSA) is 81.4 Å². The van der Waals surface area contributed by atoms with Gasteiger partial charge in [0, 0.05) is 23.7 Å². The Bertz CT molecular complexity index is 710. The number of nitrogens with one attached hydrogen (secondary N) is 1. The molecule has 0 aromatic heterocycles. The van der Waals surface area contributed by atoms with Gasteiger partial charge in [0.15, 0.2) is 9.84 Å². The largest absolute Gasteiger partial charge is 0.495 e. The summed E-state index contributed by atoms with van der Waals surface area (Å²) in [5.74, 6) is 0.586. The molecule has 0 atom stereocenters. The van der Waals surface area contributed by atoms with Gasteiger partial charge in [-0.05, 0) is 36.4 Å². The Hall–Kier alpha value is -2.21. The van der Waals surface area contributed by atoms with Gasteiger partial charge >= 0.3 is 0 Å². The summed E-state index contributed by atoms with van der Waals surface area (Å²) >= 11 is 0. The second-order valence-electron chi connectivity index (χ2n) is 4.38. The van der Waals surface area contributed by atoms with E-state index in [0.717, 1.165) is 11.4 Å². The smallest absolute Gasteiger partial charge is 0.175 e.